The lowest BCUT2D eigenvalue weighted by Crippen LogP contribution is -2.23. The molecule has 0 aromatic carbocycles. The molecule has 0 spiro atoms. The summed E-state index contributed by atoms with van der Waals surface area (Å²) in [4.78, 5) is 4.49. The van der Waals surface area contributed by atoms with E-state index in [1.54, 1.807) is 0 Å². The Morgan fingerprint density at radius 1 is 1.38 bits per heavy atom. The van der Waals surface area contributed by atoms with Crippen molar-refractivity contribution in [3.8, 4) is 0 Å². The number of aromatic nitrogens is 2. The van der Waals surface area contributed by atoms with Crippen molar-refractivity contribution in [2.75, 3.05) is 6.54 Å². The van der Waals surface area contributed by atoms with Crippen molar-refractivity contribution < 1.29 is 0 Å². The van der Waals surface area contributed by atoms with Crippen LogP contribution in [0.1, 0.15) is 49.0 Å². The van der Waals surface area contributed by atoms with E-state index in [-0.39, 0.29) is 0 Å². The van der Waals surface area contributed by atoms with E-state index in [1.807, 2.05) is 12.3 Å². The van der Waals surface area contributed by atoms with Crippen molar-refractivity contribution in [1.29, 1.82) is 0 Å². The predicted molar refractivity (Wildman–Crippen MR) is 86.3 cm³/mol. The zero-order valence-corrected chi connectivity index (χ0v) is 13.0. The number of pyridine rings is 1. The Bertz CT molecular complexity index is 584. The molecule has 21 heavy (non-hydrogen) atoms. The second kappa shape index (κ2) is 6.44. The van der Waals surface area contributed by atoms with E-state index in [0.29, 0.717) is 6.04 Å². The van der Waals surface area contributed by atoms with Gasteiger partial charge in [0.15, 0.2) is 0 Å². The monoisotopic (exact) mass is 283 g/mol. The van der Waals surface area contributed by atoms with Crippen molar-refractivity contribution in [3.05, 3.63) is 53.6 Å². The summed E-state index contributed by atoms with van der Waals surface area (Å²) in [7, 11) is 0. The van der Waals surface area contributed by atoms with Gasteiger partial charge in [0.25, 0.3) is 0 Å². The van der Waals surface area contributed by atoms with Crippen LogP contribution in [0.5, 0.6) is 0 Å². The van der Waals surface area contributed by atoms with E-state index in [1.165, 1.54) is 30.4 Å². The van der Waals surface area contributed by atoms with Gasteiger partial charge in [-0.05, 0) is 61.9 Å². The molecule has 1 unspecified atom stereocenters. The topological polar surface area (TPSA) is 29.9 Å². The molecule has 0 saturated heterocycles. The number of aryl methyl sites for hydroxylation is 1. The first-order valence-electron chi connectivity index (χ1n) is 8.07. The molecule has 0 aliphatic heterocycles. The molecule has 2 heterocycles. The van der Waals surface area contributed by atoms with Gasteiger partial charge in [0.05, 0.1) is 12.2 Å². The molecule has 2 aromatic rings. The quantitative estimate of drug-likeness (QED) is 0.840. The molecule has 1 N–H and O–H groups in total. The molecular formula is C18H25N3. The second-order valence-electron chi connectivity index (χ2n) is 6.15. The Balaban J connectivity index is 1.71. The molecule has 1 saturated carbocycles. The summed E-state index contributed by atoms with van der Waals surface area (Å²) in [6.07, 6.45) is 10.3. The third-order valence-electron chi connectivity index (χ3n) is 4.29. The highest BCUT2D eigenvalue weighted by atomic mass is 15.0. The fourth-order valence-electron chi connectivity index (χ4n) is 2.88. The third kappa shape index (κ3) is 3.53. The van der Waals surface area contributed by atoms with Crippen molar-refractivity contribution in [1.82, 2.24) is 14.9 Å². The average Bonchev–Trinajstić information content (AvgIpc) is 3.22. The molecule has 3 heteroatoms. The van der Waals surface area contributed by atoms with E-state index in [4.69, 9.17) is 0 Å². The van der Waals surface area contributed by atoms with Crippen LogP contribution in [0.4, 0.5) is 0 Å². The molecule has 0 bridgehead atoms. The molecule has 112 valence electrons. The lowest BCUT2D eigenvalue weighted by molar-refractivity contribution is 0.480. The van der Waals surface area contributed by atoms with Crippen molar-refractivity contribution >= 4 is 0 Å². The first-order chi connectivity index (χ1) is 10.3. The van der Waals surface area contributed by atoms with Crippen LogP contribution in [0.2, 0.25) is 0 Å². The Labute approximate surface area is 127 Å². The van der Waals surface area contributed by atoms with Gasteiger partial charge in [-0.3, -0.25) is 4.98 Å². The number of nitrogens with one attached hydrogen (secondary N) is 1. The van der Waals surface area contributed by atoms with Gasteiger partial charge in [-0.1, -0.05) is 13.0 Å². The molecule has 0 radical (unpaired) electrons. The Kier molecular flexibility index (Phi) is 4.39. The highest BCUT2D eigenvalue weighted by Gasteiger charge is 2.32. The van der Waals surface area contributed by atoms with Crippen LogP contribution in [-0.4, -0.2) is 16.1 Å². The van der Waals surface area contributed by atoms with Gasteiger partial charge < -0.3 is 9.88 Å². The van der Waals surface area contributed by atoms with Crippen LogP contribution in [-0.2, 0) is 6.54 Å². The minimum Gasteiger partial charge on any atom is -0.348 e. The van der Waals surface area contributed by atoms with Gasteiger partial charge in [0.2, 0.25) is 0 Å². The third-order valence-corrected chi connectivity index (χ3v) is 4.29. The first-order valence-corrected chi connectivity index (χ1v) is 8.07. The normalized spacial score (nSPS) is 16.1. The maximum Gasteiger partial charge on any atom is 0.0645 e. The molecule has 0 amide bonds. The van der Waals surface area contributed by atoms with Gasteiger partial charge in [-0.15, -0.1) is 0 Å². The van der Waals surface area contributed by atoms with Crippen molar-refractivity contribution in [3.63, 3.8) is 0 Å². The minimum absolute atomic E-state index is 0.538. The van der Waals surface area contributed by atoms with Crippen LogP contribution in [0.3, 0.4) is 0 Å². The molecule has 1 aliphatic rings. The Morgan fingerprint density at radius 2 is 2.24 bits per heavy atom. The van der Waals surface area contributed by atoms with Crippen LogP contribution >= 0.6 is 0 Å². The summed E-state index contributed by atoms with van der Waals surface area (Å²) in [5.74, 6) is 0.837. The lowest BCUT2D eigenvalue weighted by Gasteiger charge is -2.16. The molecule has 1 atom stereocenters. The summed E-state index contributed by atoms with van der Waals surface area (Å²) >= 11 is 0. The Morgan fingerprint density at radius 3 is 2.95 bits per heavy atom. The maximum atomic E-state index is 4.49. The molecule has 1 fully saturated rings. The van der Waals surface area contributed by atoms with E-state index >= 15 is 0 Å². The number of hydrogen-bond acceptors (Lipinski definition) is 2. The standard InChI is InChI=1S/C18H25N3/c1-3-9-20-18(15-6-7-15)16-8-11-21(12-16)13-17-14(2)5-4-10-19-17/h4-5,8,10-12,15,18,20H,3,6-7,9,13H2,1-2H3. The van der Waals surface area contributed by atoms with Crippen LogP contribution in [0, 0.1) is 12.8 Å². The second-order valence-corrected chi connectivity index (χ2v) is 6.15. The highest BCUT2D eigenvalue weighted by molar-refractivity contribution is 5.22. The van der Waals surface area contributed by atoms with Gasteiger partial charge in [0.1, 0.15) is 0 Å². The van der Waals surface area contributed by atoms with E-state index in [9.17, 15) is 0 Å². The zero-order valence-electron chi connectivity index (χ0n) is 13.0. The van der Waals surface area contributed by atoms with Gasteiger partial charge in [-0.2, -0.15) is 0 Å². The smallest absolute Gasteiger partial charge is 0.0645 e. The summed E-state index contributed by atoms with van der Waals surface area (Å²) < 4.78 is 2.26. The maximum absolute atomic E-state index is 4.49. The minimum atomic E-state index is 0.538. The highest BCUT2D eigenvalue weighted by Crippen LogP contribution is 2.41. The molecular weight excluding hydrogens is 258 g/mol. The van der Waals surface area contributed by atoms with E-state index in [0.717, 1.165) is 24.7 Å². The molecule has 1 aliphatic carbocycles. The number of hydrogen-bond donors (Lipinski definition) is 1. The largest absolute Gasteiger partial charge is 0.348 e. The predicted octanol–water partition coefficient (Wildman–Crippen LogP) is 3.69. The SMILES string of the molecule is CCCNC(c1ccn(Cc2ncccc2C)c1)C1CC1. The zero-order chi connectivity index (χ0) is 14.7. The summed E-state index contributed by atoms with van der Waals surface area (Å²) in [6.45, 7) is 6.32. The van der Waals surface area contributed by atoms with Crippen LogP contribution in [0.25, 0.3) is 0 Å². The molecule has 3 nitrogen and oxygen atoms in total. The first kappa shape index (κ1) is 14.3. The van der Waals surface area contributed by atoms with Crippen LogP contribution in [0.15, 0.2) is 36.8 Å². The summed E-state index contributed by atoms with van der Waals surface area (Å²) in [6, 6.07) is 6.93. The molecule has 3 rings (SSSR count). The Hall–Kier alpha value is -1.61. The van der Waals surface area contributed by atoms with Gasteiger partial charge in [-0.25, -0.2) is 0 Å². The number of nitrogens with zero attached hydrogens (tertiary/aromatic N) is 2. The summed E-state index contributed by atoms with van der Waals surface area (Å²) in [5, 5.41) is 3.71. The average molecular weight is 283 g/mol. The van der Waals surface area contributed by atoms with Crippen molar-refractivity contribution in [2.24, 2.45) is 5.92 Å². The molecule has 2 aromatic heterocycles. The van der Waals surface area contributed by atoms with Gasteiger partial charge in [0, 0.05) is 24.6 Å². The van der Waals surface area contributed by atoms with Gasteiger partial charge >= 0.3 is 0 Å². The fraction of sp³-hybridized carbons (Fsp3) is 0.500. The van der Waals surface area contributed by atoms with E-state index < -0.39 is 0 Å². The number of rotatable bonds is 7. The van der Waals surface area contributed by atoms with Crippen molar-refractivity contribution in [2.45, 2.75) is 45.7 Å². The fourth-order valence-corrected chi connectivity index (χ4v) is 2.88. The van der Waals surface area contributed by atoms with E-state index in [2.05, 4.69) is 53.2 Å². The lowest BCUT2D eigenvalue weighted by atomic mass is 10.1. The van der Waals surface area contributed by atoms with Crippen LogP contribution < -0.4 is 5.32 Å². The summed E-state index contributed by atoms with van der Waals surface area (Å²) in [5.41, 5.74) is 3.85.